The largest absolute Gasteiger partial charge is 0.335 e. The molecule has 2 N–H and O–H groups in total. The summed E-state index contributed by atoms with van der Waals surface area (Å²) in [7, 11) is 0. The summed E-state index contributed by atoms with van der Waals surface area (Å²) in [5.41, 5.74) is 7.91. The molecular formula is C18H21FN2OS. The monoisotopic (exact) mass is 332 g/mol. The third-order valence-electron chi connectivity index (χ3n) is 4.46. The molecule has 2 aromatic rings. The number of likely N-dealkylation sites (tertiary alicyclic amines) is 1. The number of nitrogens with two attached hydrogens (primary N) is 1. The molecule has 0 spiro atoms. The van der Waals surface area contributed by atoms with E-state index in [-0.39, 0.29) is 23.8 Å². The Bertz CT molecular complexity index is 710. The van der Waals surface area contributed by atoms with Gasteiger partial charge >= 0.3 is 0 Å². The summed E-state index contributed by atoms with van der Waals surface area (Å²) in [5.74, 6) is -0.178. The molecule has 1 aromatic carbocycles. The highest BCUT2D eigenvalue weighted by Gasteiger charge is 2.29. The smallest absolute Gasteiger partial charge is 0.264 e. The molecule has 2 heterocycles. The average Bonchev–Trinajstić information content (AvgIpc) is 2.89. The number of aryl methyl sites for hydroxylation is 1. The van der Waals surface area contributed by atoms with Crippen LogP contribution >= 0.6 is 11.3 Å². The van der Waals surface area contributed by atoms with Gasteiger partial charge in [-0.3, -0.25) is 4.79 Å². The number of thiophene rings is 1. The number of piperidine rings is 1. The van der Waals surface area contributed by atoms with Gasteiger partial charge in [-0.15, -0.1) is 11.3 Å². The number of rotatable bonds is 2. The van der Waals surface area contributed by atoms with Gasteiger partial charge in [-0.25, -0.2) is 4.39 Å². The Balaban J connectivity index is 1.85. The maximum atomic E-state index is 13.1. The highest BCUT2D eigenvalue weighted by atomic mass is 32.1. The van der Waals surface area contributed by atoms with Crippen molar-refractivity contribution in [2.45, 2.75) is 38.8 Å². The highest BCUT2D eigenvalue weighted by Crippen LogP contribution is 2.32. The fourth-order valence-electron chi connectivity index (χ4n) is 3.16. The maximum absolute atomic E-state index is 13.1. The Hall–Kier alpha value is -1.72. The van der Waals surface area contributed by atoms with Crippen LogP contribution < -0.4 is 5.73 Å². The molecule has 1 amide bonds. The highest BCUT2D eigenvalue weighted by molar-refractivity contribution is 7.14. The van der Waals surface area contributed by atoms with Crippen LogP contribution in [0.4, 0.5) is 4.39 Å². The normalized spacial score (nSPS) is 21.5. The molecule has 0 bridgehead atoms. The van der Waals surface area contributed by atoms with E-state index < -0.39 is 0 Å². The van der Waals surface area contributed by atoms with Gasteiger partial charge in [0.2, 0.25) is 0 Å². The molecule has 122 valence electrons. The summed E-state index contributed by atoms with van der Waals surface area (Å²) in [6.45, 7) is 4.76. The second-order valence-corrected chi connectivity index (χ2v) is 7.48. The van der Waals surface area contributed by atoms with Crippen LogP contribution in [-0.2, 0) is 0 Å². The summed E-state index contributed by atoms with van der Waals surface area (Å²) in [6, 6.07) is 8.68. The molecule has 3 nitrogen and oxygen atoms in total. The lowest BCUT2D eigenvalue weighted by Gasteiger charge is -2.36. The van der Waals surface area contributed by atoms with Crippen LogP contribution in [-0.4, -0.2) is 29.4 Å². The van der Waals surface area contributed by atoms with E-state index in [9.17, 15) is 9.18 Å². The van der Waals surface area contributed by atoms with Crippen LogP contribution in [0.1, 0.15) is 34.3 Å². The molecule has 0 aliphatic carbocycles. The summed E-state index contributed by atoms with van der Waals surface area (Å²) < 4.78 is 13.1. The molecule has 5 heteroatoms. The number of amides is 1. The van der Waals surface area contributed by atoms with Gasteiger partial charge in [-0.05, 0) is 56.0 Å². The number of benzene rings is 1. The van der Waals surface area contributed by atoms with E-state index in [4.69, 9.17) is 5.73 Å². The Morgan fingerprint density at radius 3 is 2.70 bits per heavy atom. The number of carbonyl (C=O) groups is 1. The summed E-state index contributed by atoms with van der Waals surface area (Å²) in [6.07, 6.45) is 1.70. The van der Waals surface area contributed by atoms with E-state index in [0.29, 0.717) is 6.54 Å². The lowest BCUT2D eigenvalue weighted by molar-refractivity contribution is 0.0624. The topological polar surface area (TPSA) is 46.3 Å². The second kappa shape index (κ2) is 6.42. The molecule has 23 heavy (non-hydrogen) atoms. The Labute approximate surface area is 139 Å². The van der Waals surface area contributed by atoms with Crippen molar-refractivity contribution in [2.24, 2.45) is 5.73 Å². The van der Waals surface area contributed by atoms with Gasteiger partial charge in [-0.1, -0.05) is 12.1 Å². The van der Waals surface area contributed by atoms with E-state index in [1.54, 1.807) is 12.1 Å². The molecule has 1 saturated heterocycles. The lowest BCUT2D eigenvalue weighted by atomic mass is 9.99. The predicted molar refractivity (Wildman–Crippen MR) is 92.2 cm³/mol. The van der Waals surface area contributed by atoms with Crippen LogP contribution in [0, 0.1) is 12.7 Å². The fourth-order valence-corrected chi connectivity index (χ4v) is 4.15. The molecule has 0 saturated carbocycles. The van der Waals surface area contributed by atoms with E-state index in [1.807, 2.05) is 17.9 Å². The number of hydrogen-bond acceptors (Lipinski definition) is 3. The Morgan fingerprint density at radius 1 is 1.35 bits per heavy atom. The quantitative estimate of drug-likeness (QED) is 0.909. The fraction of sp³-hybridized carbons (Fsp3) is 0.389. The van der Waals surface area contributed by atoms with Crippen molar-refractivity contribution in [1.29, 1.82) is 0 Å². The average molecular weight is 332 g/mol. The molecular weight excluding hydrogens is 311 g/mol. The molecule has 1 aromatic heterocycles. The molecule has 3 rings (SSSR count). The van der Waals surface area contributed by atoms with Crippen molar-refractivity contribution in [3.8, 4) is 11.1 Å². The van der Waals surface area contributed by atoms with Crippen molar-refractivity contribution in [3.05, 3.63) is 45.9 Å². The van der Waals surface area contributed by atoms with E-state index in [0.717, 1.165) is 33.7 Å². The van der Waals surface area contributed by atoms with Gasteiger partial charge in [0, 0.05) is 23.5 Å². The molecule has 1 aliphatic heterocycles. The van der Waals surface area contributed by atoms with Crippen LogP contribution in [0.5, 0.6) is 0 Å². The maximum Gasteiger partial charge on any atom is 0.264 e. The minimum Gasteiger partial charge on any atom is -0.335 e. The zero-order valence-electron chi connectivity index (χ0n) is 13.4. The second-order valence-electron chi connectivity index (χ2n) is 6.22. The standard InChI is InChI=1S/C18H21FN2OS/c1-11-9-15(20)7-8-21(11)18(22)17-10-16(12(2)23-17)13-3-5-14(19)6-4-13/h3-6,10-11,15H,7-9,20H2,1-2H3/t11-,15-/m0/s1. The number of carbonyl (C=O) groups excluding carboxylic acids is 1. The van der Waals surface area contributed by atoms with Gasteiger partial charge in [-0.2, -0.15) is 0 Å². The minimum absolute atomic E-state index is 0.0749. The summed E-state index contributed by atoms with van der Waals surface area (Å²) in [4.78, 5) is 16.5. The van der Waals surface area contributed by atoms with Gasteiger partial charge in [0.25, 0.3) is 5.91 Å². The lowest BCUT2D eigenvalue weighted by Crippen LogP contribution is -2.48. The first-order valence-electron chi connectivity index (χ1n) is 7.88. The molecule has 0 unspecified atom stereocenters. The zero-order chi connectivity index (χ0) is 16.6. The van der Waals surface area contributed by atoms with Gasteiger partial charge in [0.1, 0.15) is 5.82 Å². The first kappa shape index (κ1) is 16.1. The van der Waals surface area contributed by atoms with Crippen LogP contribution in [0.3, 0.4) is 0 Å². The van der Waals surface area contributed by atoms with Crippen molar-refractivity contribution < 1.29 is 9.18 Å². The van der Waals surface area contributed by atoms with Crippen molar-refractivity contribution in [1.82, 2.24) is 4.90 Å². The number of nitrogens with zero attached hydrogens (tertiary/aromatic N) is 1. The van der Waals surface area contributed by atoms with Crippen LogP contribution in [0.15, 0.2) is 30.3 Å². The molecule has 1 aliphatic rings. The predicted octanol–water partition coefficient (Wildman–Crippen LogP) is 3.81. The zero-order valence-corrected chi connectivity index (χ0v) is 14.2. The number of hydrogen-bond donors (Lipinski definition) is 1. The van der Waals surface area contributed by atoms with E-state index >= 15 is 0 Å². The van der Waals surface area contributed by atoms with Gasteiger partial charge in [0.15, 0.2) is 0 Å². The van der Waals surface area contributed by atoms with Gasteiger partial charge < -0.3 is 10.6 Å². The first-order chi connectivity index (χ1) is 11.0. The number of halogens is 1. The van der Waals surface area contributed by atoms with E-state index in [1.165, 1.54) is 23.5 Å². The SMILES string of the molecule is Cc1sc(C(=O)N2CC[C@H](N)C[C@@H]2C)cc1-c1ccc(F)cc1. The minimum atomic E-state index is -0.253. The molecule has 0 radical (unpaired) electrons. The molecule has 2 atom stereocenters. The molecule has 1 fully saturated rings. The van der Waals surface area contributed by atoms with E-state index in [2.05, 4.69) is 6.92 Å². The van der Waals surface area contributed by atoms with Crippen LogP contribution in [0.2, 0.25) is 0 Å². The van der Waals surface area contributed by atoms with Crippen molar-refractivity contribution in [3.63, 3.8) is 0 Å². The third-order valence-corrected chi connectivity index (χ3v) is 5.50. The first-order valence-corrected chi connectivity index (χ1v) is 8.70. The summed E-state index contributed by atoms with van der Waals surface area (Å²) in [5, 5.41) is 0. The van der Waals surface area contributed by atoms with Gasteiger partial charge in [0.05, 0.1) is 4.88 Å². The Kier molecular flexibility index (Phi) is 4.50. The third kappa shape index (κ3) is 3.31. The van der Waals surface area contributed by atoms with Crippen molar-refractivity contribution >= 4 is 17.2 Å². The summed E-state index contributed by atoms with van der Waals surface area (Å²) >= 11 is 1.50. The van der Waals surface area contributed by atoms with Crippen LogP contribution in [0.25, 0.3) is 11.1 Å². The Morgan fingerprint density at radius 2 is 2.04 bits per heavy atom. The van der Waals surface area contributed by atoms with Crippen molar-refractivity contribution in [2.75, 3.05) is 6.54 Å².